The molecule has 0 aliphatic carbocycles. The zero-order chi connectivity index (χ0) is 25.2. The Labute approximate surface area is 212 Å². The summed E-state index contributed by atoms with van der Waals surface area (Å²) in [5, 5.41) is 12.5. The van der Waals surface area contributed by atoms with Crippen molar-refractivity contribution in [3.8, 4) is 0 Å². The molecule has 1 amide bonds. The third kappa shape index (κ3) is 4.77. The summed E-state index contributed by atoms with van der Waals surface area (Å²) >= 11 is 1.44. The van der Waals surface area contributed by atoms with Crippen molar-refractivity contribution in [3.63, 3.8) is 0 Å². The molecule has 2 aromatic carbocycles. The van der Waals surface area contributed by atoms with E-state index in [-0.39, 0.29) is 23.7 Å². The first-order chi connectivity index (χ1) is 17.4. The molecule has 10 heteroatoms. The Balaban J connectivity index is 1.56. The number of anilines is 2. The molecule has 0 atom stereocenters. The van der Waals surface area contributed by atoms with Gasteiger partial charge in [-0.3, -0.25) is 24.8 Å². The van der Waals surface area contributed by atoms with Crippen molar-refractivity contribution in [2.45, 2.75) is 20.4 Å². The minimum Gasteiger partial charge on any atom is -0.378 e. The summed E-state index contributed by atoms with van der Waals surface area (Å²) in [7, 11) is 0. The lowest BCUT2D eigenvalue weighted by atomic mass is 10.1. The second-order valence-corrected chi connectivity index (χ2v) is 9.72. The maximum atomic E-state index is 13.9. The molecule has 5 rings (SSSR count). The molecular weight excluding hydrogens is 478 g/mol. The molecule has 36 heavy (non-hydrogen) atoms. The van der Waals surface area contributed by atoms with Crippen LogP contribution in [0.5, 0.6) is 0 Å². The van der Waals surface area contributed by atoms with Crippen LogP contribution in [0.25, 0.3) is 10.2 Å². The van der Waals surface area contributed by atoms with Crippen LogP contribution in [-0.2, 0) is 11.3 Å². The number of fused-ring (bicyclic) bond motifs is 1. The van der Waals surface area contributed by atoms with Crippen LogP contribution in [0.3, 0.4) is 0 Å². The first-order valence-electron chi connectivity index (χ1n) is 11.6. The molecule has 2 aromatic heterocycles. The summed E-state index contributed by atoms with van der Waals surface area (Å²) in [4.78, 5) is 37.8. The van der Waals surface area contributed by atoms with Gasteiger partial charge in [-0.25, -0.2) is 4.98 Å². The monoisotopic (exact) mass is 503 g/mol. The molecule has 0 bridgehead atoms. The number of amides is 1. The quantitative estimate of drug-likeness (QED) is 0.272. The number of carbonyl (C=O) groups excluding carboxylic acids is 1. The van der Waals surface area contributed by atoms with Gasteiger partial charge in [-0.15, -0.1) is 0 Å². The fraction of sp³-hybridized carbons (Fsp3) is 0.269. The number of nitro benzene ring substituents is 1. The Morgan fingerprint density at radius 3 is 2.72 bits per heavy atom. The van der Waals surface area contributed by atoms with Crippen molar-refractivity contribution in [2.24, 2.45) is 0 Å². The van der Waals surface area contributed by atoms with Crippen LogP contribution in [0.15, 0.2) is 54.9 Å². The van der Waals surface area contributed by atoms with E-state index >= 15 is 0 Å². The maximum absolute atomic E-state index is 13.9. The fourth-order valence-electron chi connectivity index (χ4n) is 4.41. The van der Waals surface area contributed by atoms with Crippen LogP contribution < -0.4 is 9.80 Å². The molecular formula is C26H25N5O4S. The van der Waals surface area contributed by atoms with Gasteiger partial charge in [0.05, 0.1) is 34.9 Å². The van der Waals surface area contributed by atoms with Gasteiger partial charge in [0, 0.05) is 37.1 Å². The van der Waals surface area contributed by atoms with Gasteiger partial charge in [0.2, 0.25) is 0 Å². The Morgan fingerprint density at radius 1 is 1.19 bits per heavy atom. The number of rotatable bonds is 6. The molecule has 1 aliphatic heterocycles. The predicted molar refractivity (Wildman–Crippen MR) is 140 cm³/mol. The van der Waals surface area contributed by atoms with E-state index < -0.39 is 4.92 Å². The zero-order valence-electron chi connectivity index (χ0n) is 20.0. The normalized spacial score (nSPS) is 13.7. The average Bonchev–Trinajstić information content (AvgIpc) is 3.32. The number of nitro groups is 1. The highest BCUT2D eigenvalue weighted by atomic mass is 32.1. The first-order valence-corrected chi connectivity index (χ1v) is 12.4. The lowest BCUT2D eigenvalue weighted by Crippen LogP contribution is -2.36. The van der Waals surface area contributed by atoms with Crippen molar-refractivity contribution < 1.29 is 14.5 Å². The predicted octanol–water partition coefficient (Wildman–Crippen LogP) is 4.90. The number of aryl methyl sites for hydroxylation is 2. The minimum absolute atomic E-state index is 0.0974. The van der Waals surface area contributed by atoms with E-state index in [1.54, 1.807) is 29.4 Å². The van der Waals surface area contributed by atoms with Crippen molar-refractivity contribution in [3.05, 3.63) is 87.2 Å². The van der Waals surface area contributed by atoms with Crippen molar-refractivity contribution in [1.29, 1.82) is 0 Å². The number of morpholine rings is 1. The smallest absolute Gasteiger partial charge is 0.293 e. The topological polar surface area (TPSA) is 102 Å². The summed E-state index contributed by atoms with van der Waals surface area (Å²) < 4.78 is 6.39. The molecule has 0 saturated carbocycles. The van der Waals surface area contributed by atoms with Crippen LogP contribution in [0.1, 0.15) is 27.0 Å². The molecule has 1 aliphatic rings. The van der Waals surface area contributed by atoms with Crippen molar-refractivity contribution in [2.75, 3.05) is 36.1 Å². The lowest BCUT2D eigenvalue weighted by Gasteiger charge is -2.28. The Bertz CT molecular complexity index is 1430. The van der Waals surface area contributed by atoms with E-state index in [0.717, 1.165) is 26.9 Å². The molecule has 184 valence electrons. The third-order valence-electron chi connectivity index (χ3n) is 6.12. The standard InChI is InChI=1S/C26H25N5O4S/c1-17-12-18(2)24-21(13-17)28-26(36-24)30(16-19-4-3-7-27-15-19)25(32)20-5-6-22(23(14-20)31(33)34)29-8-10-35-11-9-29/h3-7,12-15H,8-11,16H2,1-2H3. The van der Waals surface area contributed by atoms with Crippen LogP contribution in [0.2, 0.25) is 0 Å². The van der Waals surface area contributed by atoms with E-state index in [1.807, 2.05) is 36.9 Å². The number of nitrogens with zero attached hydrogens (tertiary/aromatic N) is 5. The van der Waals surface area contributed by atoms with Gasteiger partial charge in [-0.05, 0) is 54.8 Å². The number of aromatic nitrogens is 2. The van der Waals surface area contributed by atoms with E-state index in [2.05, 4.69) is 11.1 Å². The van der Waals surface area contributed by atoms with E-state index in [1.165, 1.54) is 17.4 Å². The SMILES string of the molecule is Cc1cc(C)c2sc(N(Cc3cccnc3)C(=O)c3ccc(N4CCOCC4)c([N+](=O)[O-])c3)nc2c1. The number of carbonyl (C=O) groups is 1. The van der Waals surface area contributed by atoms with Crippen LogP contribution in [0, 0.1) is 24.0 Å². The van der Waals surface area contributed by atoms with E-state index in [4.69, 9.17) is 9.72 Å². The maximum Gasteiger partial charge on any atom is 0.293 e. The molecule has 0 spiro atoms. The number of hydrogen-bond donors (Lipinski definition) is 0. The second kappa shape index (κ2) is 10.00. The lowest BCUT2D eigenvalue weighted by molar-refractivity contribution is -0.384. The van der Waals surface area contributed by atoms with Gasteiger partial charge >= 0.3 is 0 Å². The summed E-state index contributed by atoms with van der Waals surface area (Å²) in [5.41, 5.74) is 4.46. The second-order valence-electron chi connectivity index (χ2n) is 8.74. The van der Waals surface area contributed by atoms with Gasteiger partial charge in [0.25, 0.3) is 11.6 Å². The number of pyridine rings is 1. The van der Waals surface area contributed by atoms with Gasteiger partial charge < -0.3 is 9.64 Å². The molecule has 0 unspecified atom stereocenters. The minimum atomic E-state index is -0.434. The van der Waals surface area contributed by atoms with Gasteiger partial charge in [-0.2, -0.15) is 0 Å². The summed E-state index contributed by atoms with van der Waals surface area (Å²) in [6.45, 7) is 6.42. The summed E-state index contributed by atoms with van der Waals surface area (Å²) in [6.07, 6.45) is 3.38. The summed E-state index contributed by atoms with van der Waals surface area (Å²) in [5.74, 6) is -0.357. The Kier molecular flexibility index (Phi) is 6.62. The molecule has 3 heterocycles. The highest BCUT2D eigenvalue weighted by Crippen LogP contribution is 2.35. The molecule has 4 aromatic rings. The summed E-state index contributed by atoms with van der Waals surface area (Å²) in [6, 6.07) is 12.5. The van der Waals surface area contributed by atoms with Gasteiger partial charge in [0.15, 0.2) is 5.13 Å². The average molecular weight is 504 g/mol. The van der Waals surface area contributed by atoms with Crippen LogP contribution in [0.4, 0.5) is 16.5 Å². The van der Waals surface area contributed by atoms with E-state index in [9.17, 15) is 14.9 Å². The number of hydrogen-bond acceptors (Lipinski definition) is 8. The van der Waals surface area contributed by atoms with Gasteiger partial charge in [-0.1, -0.05) is 23.5 Å². The fourth-order valence-corrected chi connectivity index (χ4v) is 5.42. The largest absolute Gasteiger partial charge is 0.378 e. The first kappa shape index (κ1) is 23.8. The molecule has 0 N–H and O–H groups in total. The van der Waals surface area contributed by atoms with Gasteiger partial charge in [0.1, 0.15) is 5.69 Å². The molecule has 1 saturated heterocycles. The van der Waals surface area contributed by atoms with Crippen molar-refractivity contribution >= 4 is 44.0 Å². The number of benzene rings is 2. The zero-order valence-corrected chi connectivity index (χ0v) is 20.8. The van der Waals surface area contributed by atoms with Crippen LogP contribution >= 0.6 is 11.3 Å². The molecule has 0 radical (unpaired) electrons. The van der Waals surface area contributed by atoms with Crippen LogP contribution in [-0.4, -0.2) is 47.1 Å². The third-order valence-corrected chi connectivity index (χ3v) is 7.35. The molecule has 9 nitrogen and oxygen atoms in total. The molecule has 1 fully saturated rings. The highest BCUT2D eigenvalue weighted by molar-refractivity contribution is 7.22. The number of ether oxygens (including phenoxy) is 1. The van der Waals surface area contributed by atoms with Crippen molar-refractivity contribution in [1.82, 2.24) is 9.97 Å². The Hall–Kier alpha value is -3.89. The van der Waals surface area contributed by atoms with E-state index in [0.29, 0.717) is 37.1 Å². The number of thiazole rings is 1. The Morgan fingerprint density at radius 2 is 2.00 bits per heavy atom. The highest BCUT2D eigenvalue weighted by Gasteiger charge is 2.27.